The standard InChI is InChI=1S/C18H19N3O3/c1-12(18(22)21-14-6-4-5-13(7-14)11-19)20-15-8-16(23-2)10-17(9-15)24-3/h4-10,12,20H,1-3H3,(H,21,22). The highest BCUT2D eigenvalue weighted by atomic mass is 16.5. The quantitative estimate of drug-likeness (QED) is 0.853. The number of nitrogens with one attached hydrogen (secondary N) is 2. The summed E-state index contributed by atoms with van der Waals surface area (Å²) in [6.45, 7) is 1.75. The lowest BCUT2D eigenvalue weighted by atomic mass is 10.2. The number of hydrogen-bond acceptors (Lipinski definition) is 5. The van der Waals surface area contributed by atoms with Crippen LogP contribution in [0, 0.1) is 11.3 Å². The number of carbonyl (C=O) groups excluding carboxylic acids is 1. The third kappa shape index (κ3) is 4.40. The van der Waals surface area contributed by atoms with Crippen LogP contribution in [-0.4, -0.2) is 26.2 Å². The highest BCUT2D eigenvalue weighted by Crippen LogP contribution is 2.26. The fourth-order valence-corrected chi connectivity index (χ4v) is 2.12. The third-order valence-electron chi connectivity index (χ3n) is 3.39. The van der Waals surface area contributed by atoms with Gasteiger partial charge in [0, 0.05) is 29.6 Å². The summed E-state index contributed by atoms with van der Waals surface area (Å²) in [7, 11) is 3.13. The van der Waals surface area contributed by atoms with Gasteiger partial charge in [0.2, 0.25) is 5.91 Å². The summed E-state index contributed by atoms with van der Waals surface area (Å²) in [6, 6.07) is 13.6. The lowest BCUT2D eigenvalue weighted by Gasteiger charge is -2.17. The summed E-state index contributed by atoms with van der Waals surface area (Å²) in [5.41, 5.74) is 1.78. The fraction of sp³-hybridized carbons (Fsp3) is 0.222. The Kier molecular flexibility index (Phi) is 5.63. The van der Waals surface area contributed by atoms with E-state index in [2.05, 4.69) is 10.6 Å². The van der Waals surface area contributed by atoms with Gasteiger partial charge in [0.05, 0.1) is 25.9 Å². The van der Waals surface area contributed by atoms with Gasteiger partial charge in [0.25, 0.3) is 0 Å². The van der Waals surface area contributed by atoms with E-state index in [4.69, 9.17) is 14.7 Å². The van der Waals surface area contributed by atoms with Crippen molar-refractivity contribution in [2.24, 2.45) is 0 Å². The molecule has 6 nitrogen and oxygen atoms in total. The molecule has 2 rings (SSSR count). The van der Waals surface area contributed by atoms with Crippen LogP contribution in [-0.2, 0) is 4.79 Å². The van der Waals surface area contributed by atoms with Crippen molar-refractivity contribution in [3.05, 3.63) is 48.0 Å². The largest absolute Gasteiger partial charge is 0.497 e. The normalized spacial score (nSPS) is 11.1. The van der Waals surface area contributed by atoms with Gasteiger partial charge in [0.1, 0.15) is 17.5 Å². The molecular weight excluding hydrogens is 306 g/mol. The number of methoxy groups -OCH3 is 2. The molecule has 24 heavy (non-hydrogen) atoms. The maximum absolute atomic E-state index is 12.3. The van der Waals surface area contributed by atoms with Gasteiger partial charge in [-0.3, -0.25) is 4.79 Å². The average Bonchev–Trinajstić information content (AvgIpc) is 2.61. The van der Waals surface area contributed by atoms with E-state index < -0.39 is 6.04 Å². The first-order valence-electron chi connectivity index (χ1n) is 7.36. The summed E-state index contributed by atoms with van der Waals surface area (Å²) >= 11 is 0. The van der Waals surface area contributed by atoms with Gasteiger partial charge in [-0.05, 0) is 25.1 Å². The molecule has 0 aliphatic rings. The predicted molar refractivity (Wildman–Crippen MR) is 92.4 cm³/mol. The number of rotatable bonds is 6. The van der Waals surface area contributed by atoms with Crippen molar-refractivity contribution in [1.29, 1.82) is 5.26 Å². The molecule has 1 atom stereocenters. The lowest BCUT2D eigenvalue weighted by molar-refractivity contribution is -0.116. The Bertz CT molecular complexity index is 746. The molecule has 0 fully saturated rings. The number of carbonyl (C=O) groups is 1. The van der Waals surface area contributed by atoms with E-state index in [0.717, 1.165) is 0 Å². The van der Waals surface area contributed by atoms with E-state index in [1.54, 1.807) is 63.6 Å². The predicted octanol–water partition coefficient (Wildman–Crippen LogP) is 3.01. The number of nitrogens with zero attached hydrogens (tertiary/aromatic N) is 1. The molecule has 0 aromatic heterocycles. The zero-order valence-corrected chi connectivity index (χ0v) is 13.8. The van der Waals surface area contributed by atoms with E-state index in [-0.39, 0.29) is 5.91 Å². The van der Waals surface area contributed by atoms with Crippen LogP contribution in [0.2, 0.25) is 0 Å². The van der Waals surface area contributed by atoms with Crippen molar-refractivity contribution >= 4 is 17.3 Å². The summed E-state index contributed by atoms with van der Waals surface area (Å²) in [6.07, 6.45) is 0. The van der Waals surface area contributed by atoms with Crippen molar-refractivity contribution in [3.63, 3.8) is 0 Å². The first kappa shape index (κ1) is 17.2. The van der Waals surface area contributed by atoms with Crippen LogP contribution < -0.4 is 20.1 Å². The molecule has 2 N–H and O–H groups in total. The van der Waals surface area contributed by atoms with Gasteiger partial charge < -0.3 is 20.1 Å². The zero-order valence-electron chi connectivity index (χ0n) is 13.8. The molecule has 0 aliphatic heterocycles. The third-order valence-corrected chi connectivity index (χ3v) is 3.39. The molecule has 0 heterocycles. The van der Waals surface area contributed by atoms with Gasteiger partial charge in [-0.15, -0.1) is 0 Å². The number of ether oxygens (including phenoxy) is 2. The molecule has 2 aromatic rings. The van der Waals surface area contributed by atoms with Gasteiger partial charge in [-0.2, -0.15) is 5.26 Å². The van der Waals surface area contributed by atoms with Crippen LogP contribution >= 0.6 is 0 Å². The zero-order chi connectivity index (χ0) is 17.5. The molecule has 124 valence electrons. The Morgan fingerprint density at radius 1 is 1.08 bits per heavy atom. The van der Waals surface area contributed by atoms with Crippen LogP contribution in [0.15, 0.2) is 42.5 Å². The number of amides is 1. The monoisotopic (exact) mass is 325 g/mol. The van der Waals surface area contributed by atoms with Crippen LogP contribution in [0.25, 0.3) is 0 Å². The molecule has 2 aromatic carbocycles. The minimum Gasteiger partial charge on any atom is -0.497 e. The van der Waals surface area contributed by atoms with Gasteiger partial charge in [-0.1, -0.05) is 6.07 Å². The average molecular weight is 325 g/mol. The Labute approximate surface area is 141 Å². The molecule has 0 bridgehead atoms. The second-order valence-corrected chi connectivity index (χ2v) is 5.15. The lowest BCUT2D eigenvalue weighted by Crippen LogP contribution is -2.31. The second-order valence-electron chi connectivity index (χ2n) is 5.15. The van der Waals surface area contributed by atoms with E-state index in [0.29, 0.717) is 28.4 Å². The highest BCUT2D eigenvalue weighted by Gasteiger charge is 2.14. The van der Waals surface area contributed by atoms with Crippen molar-refractivity contribution in [2.45, 2.75) is 13.0 Å². The summed E-state index contributed by atoms with van der Waals surface area (Å²) in [5, 5.41) is 14.8. The van der Waals surface area contributed by atoms with E-state index in [9.17, 15) is 4.79 Å². The van der Waals surface area contributed by atoms with Gasteiger partial charge in [-0.25, -0.2) is 0 Å². The molecule has 0 spiro atoms. The SMILES string of the molecule is COc1cc(NC(C)C(=O)Nc2cccc(C#N)c2)cc(OC)c1. The molecule has 0 saturated carbocycles. The summed E-state index contributed by atoms with van der Waals surface area (Å²) < 4.78 is 10.4. The van der Waals surface area contributed by atoms with Crippen molar-refractivity contribution < 1.29 is 14.3 Å². The van der Waals surface area contributed by atoms with Crippen LogP contribution in [0.4, 0.5) is 11.4 Å². The number of anilines is 2. The van der Waals surface area contributed by atoms with E-state index in [1.807, 2.05) is 6.07 Å². The summed E-state index contributed by atoms with van der Waals surface area (Å²) in [4.78, 5) is 12.3. The van der Waals surface area contributed by atoms with Crippen molar-refractivity contribution in [1.82, 2.24) is 0 Å². The molecule has 1 amide bonds. The number of hydrogen-bond donors (Lipinski definition) is 2. The number of nitriles is 1. The first-order valence-corrected chi connectivity index (χ1v) is 7.36. The van der Waals surface area contributed by atoms with Crippen molar-refractivity contribution in [3.8, 4) is 17.6 Å². The minimum atomic E-state index is -0.493. The molecular formula is C18H19N3O3. The fourth-order valence-electron chi connectivity index (χ4n) is 2.12. The molecule has 0 radical (unpaired) electrons. The Balaban J connectivity index is 2.07. The van der Waals surface area contributed by atoms with Crippen LogP contribution in [0.3, 0.4) is 0 Å². The maximum atomic E-state index is 12.3. The highest BCUT2D eigenvalue weighted by molar-refractivity contribution is 5.96. The summed E-state index contributed by atoms with van der Waals surface area (Å²) in [5.74, 6) is 1.05. The Morgan fingerprint density at radius 2 is 1.75 bits per heavy atom. The van der Waals surface area contributed by atoms with E-state index in [1.165, 1.54) is 0 Å². The Morgan fingerprint density at radius 3 is 2.33 bits per heavy atom. The van der Waals surface area contributed by atoms with Crippen molar-refractivity contribution in [2.75, 3.05) is 24.9 Å². The van der Waals surface area contributed by atoms with Gasteiger partial charge in [0.15, 0.2) is 0 Å². The van der Waals surface area contributed by atoms with Crippen LogP contribution in [0.1, 0.15) is 12.5 Å². The number of benzene rings is 2. The smallest absolute Gasteiger partial charge is 0.246 e. The first-order chi connectivity index (χ1) is 11.5. The molecule has 6 heteroatoms. The molecule has 1 unspecified atom stereocenters. The topological polar surface area (TPSA) is 83.4 Å². The molecule has 0 saturated heterocycles. The van der Waals surface area contributed by atoms with Gasteiger partial charge >= 0.3 is 0 Å². The van der Waals surface area contributed by atoms with E-state index >= 15 is 0 Å². The minimum absolute atomic E-state index is 0.216. The van der Waals surface area contributed by atoms with Crippen LogP contribution in [0.5, 0.6) is 11.5 Å². The second kappa shape index (κ2) is 7.88. The maximum Gasteiger partial charge on any atom is 0.246 e. The molecule has 0 aliphatic carbocycles. The Hall–Kier alpha value is -3.20.